The van der Waals surface area contributed by atoms with E-state index < -0.39 is 5.79 Å². The number of aromatic nitrogens is 1. The first-order valence-corrected chi connectivity index (χ1v) is 6.25. The fourth-order valence-electron chi connectivity index (χ4n) is 1.88. The van der Waals surface area contributed by atoms with Crippen molar-refractivity contribution < 1.29 is 9.47 Å². The summed E-state index contributed by atoms with van der Waals surface area (Å²) in [4.78, 5) is 11.5. The molecule has 5 heteroatoms. The first kappa shape index (κ1) is 13.1. The van der Waals surface area contributed by atoms with Crippen molar-refractivity contribution in [3.63, 3.8) is 0 Å². The fourth-order valence-corrected chi connectivity index (χ4v) is 1.88. The molecule has 1 fully saturated rings. The van der Waals surface area contributed by atoms with Crippen LogP contribution in [0.4, 0.5) is 5.69 Å². The van der Waals surface area contributed by atoms with Crippen LogP contribution in [0.2, 0.25) is 0 Å². The van der Waals surface area contributed by atoms with Crippen molar-refractivity contribution in [3.05, 3.63) is 28.7 Å². The molecular formula is C13H20N2O3. The molecule has 1 aliphatic rings. The Kier molecular flexibility index (Phi) is 3.73. The maximum Gasteiger partial charge on any atom is 0.250 e. The van der Waals surface area contributed by atoms with Crippen LogP contribution in [0.5, 0.6) is 0 Å². The van der Waals surface area contributed by atoms with Crippen LogP contribution in [0.3, 0.4) is 0 Å². The van der Waals surface area contributed by atoms with Crippen LogP contribution in [0, 0.1) is 0 Å². The molecule has 0 aromatic carbocycles. The zero-order valence-electron chi connectivity index (χ0n) is 11.1. The third-order valence-electron chi connectivity index (χ3n) is 2.96. The average Bonchev–Trinajstić information content (AvgIpc) is 2.34. The molecule has 0 saturated carbocycles. The number of nitrogens with zero attached hydrogens (tertiary/aromatic N) is 1. The van der Waals surface area contributed by atoms with Gasteiger partial charge in [0.05, 0.1) is 24.9 Å². The highest BCUT2D eigenvalue weighted by atomic mass is 16.7. The quantitative estimate of drug-likeness (QED) is 0.884. The van der Waals surface area contributed by atoms with Crippen LogP contribution in [0.25, 0.3) is 0 Å². The summed E-state index contributed by atoms with van der Waals surface area (Å²) in [6.07, 6.45) is 1.82. The van der Waals surface area contributed by atoms with Crippen LogP contribution in [0.1, 0.15) is 20.8 Å². The molecule has 1 N–H and O–H groups in total. The van der Waals surface area contributed by atoms with Crippen molar-refractivity contribution in [2.45, 2.75) is 39.1 Å². The molecule has 0 atom stereocenters. The van der Waals surface area contributed by atoms with Gasteiger partial charge in [-0.2, -0.15) is 0 Å². The van der Waals surface area contributed by atoms with Gasteiger partial charge < -0.3 is 19.4 Å². The van der Waals surface area contributed by atoms with E-state index in [1.165, 1.54) is 0 Å². The van der Waals surface area contributed by atoms with E-state index >= 15 is 0 Å². The predicted molar refractivity (Wildman–Crippen MR) is 69.8 cm³/mol. The lowest BCUT2D eigenvalue weighted by molar-refractivity contribution is -0.247. The molecule has 0 spiro atoms. The minimum Gasteiger partial charge on any atom is -0.376 e. The topological polar surface area (TPSA) is 52.5 Å². The molecule has 1 aromatic heterocycles. The van der Waals surface area contributed by atoms with E-state index in [-0.39, 0.29) is 11.6 Å². The van der Waals surface area contributed by atoms with Gasteiger partial charge in [0, 0.05) is 18.8 Å². The highest BCUT2D eigenvalue weighted by molar-refractivity contribution is 5.41. The van der Waals surface area contributed by atoms with Crippen LogP contribution in [0.15, 0.2) is 23.1 Å². The Morgan fingerprint density at radius 3 is 2.67 bits per heavy atom. The second-order valence-electron chi connectivity index (χ2n) is 4.91. The second-order valence-corrected chi connectivity index (χ2v) is 4.91. The summed E-state index contributed by atoms with van der Waals surface area (Å²) < 4.78 is 12.8. The maximum atomic E-state index is 11.5. The van der Waals surface area contributed by atoms with Crippen molar-refractivity contribution >= 4 is 5.69 Å². The van der Waals surface area contributed by atoms with Crippen LogP contribution in [-0.4, -0.2) is 29.6 Å². The maximum absolute atomic E-state index is 11.5. The predicted octanol–water partition coefficient (Wildman–Crippen LogP) is 1.43. The van der Waals surface area contributed by atoms with Gasteiger partial charge in [-0.15, -0.1) is 0 Å². The summed E-state index contributed by atoms with van der Waals surface area (Å²) in [6, 6.07) is 3.47. The van der Waals surface area contributed by atoms with Crippen LogP contribution < -0.4 is 10.9 Å². The summed E-state index contributed by atoms with van der Waals surface area (Å²) >= 11 is 0. The number of hydrogen-bond acceptors (Lipinski definition) is 4. The summed E-state index contributed by atoms with van der Waals surface area (Å²) in [5, 5.41) is 3.31. The van der Waals surface area contributed by atoms with Gasteiger partial charge in [-0.1, -0.05) is 0 Å². The molecular weight excluding hydrogens is 232 g/mol. The van der Waals surface area contributed by atoms with E-state index in [1.54, 1.807) is 16.7 Å². The Morgan fingerprint density at radius 1 is 1.39 bits per heavy atom. The smallest absolute Gasteiger partial charge is 0.250 e. The molecule has 0 amide bonds. The molecule has 0 radical (unpaired) electrons. The molecule has 1 aliphatic heterocycles. The molecule has 2 heterocycles. The molecule has 18 heavy (non-hydrogen) atoms. The molecule has 5 nitrogen and oxygen atoms in total. The van der Waals surface area contributed by atoms with Crippen LogP contribution in [-0.2, 0) is 16.0 Å². The van der Waals surface area contributed by atoms with E-state index in [0.717, 1.165) is 5.69 Å². The Balaban J connectivity index is 2.00. The lowest BCUT2D eigenvalue weighted by atomic mass is 10.2. The van der Waals surface area contributed by atoms with E-state index in [2.05, 4.69) is 5.32 Å². The van der Waals surface area contributed by atoms with E-state index in [9.17, 15) is 4.79 Å². The normalized spacial score (nSPS) is 19.7. The number of rotatable bonds is 3. The first-order valence-electron chi connectivity index (χ1n) is 6.25. The molecule has 1 aromatic rings. The molecule has 0 unspecified atom stereocenters. The van der Waals surface area contributed by atoms with Gasteiger partial charge in [-0.3, -0.25) is 4.79 Å². The highest BCUT2D eigenvalue weighted by Crippen LogP contribution is 2.19. The second kappa shape index (κ2) is 5.12. The highest BCUT2D eigenvalue weighted by Gasteiger charge is 2.28. The number of ether oxygens (including phenoxy) is 2. The van der Waals surface area contributed by atoms with Crippen molar-refractivity contribution in [1.29, 1.82) is 0 Å². The summed E-state index contributed by atoms with van der Waals surface area (Å²) in [5.74, 6) is -0.500. The zero-order chi connectivity index (χ0) is 13.2. The Hall–Kier alpha value is -1.33. The summed E-state index contributed by atoms with van der Waals surface area (Å²) in [5.41, 5.74) is 0.925. The molecule has 2 rings (SSSR count). The molecule has 100 valence electrons. The third-order valence-corrected chi connectivity index (χ3v) is 2.96. The van der Waals surface area contributed by atoms with Gasteiger partial charge in [0.15, 0.2) is 5.79 Å². The Labute approximate surface area is 107 Å². The fraction of sp³-hybridized carbons (Fsp3) is 0.615. The number of hydrogen-bond donors (Lipinski definition) is 1. The lowest BCUT2D eigenvalue weighted by Gasteiger charge is -2.35. The van der Waals surface area contributed by atoms with Gasteiger partial charge in [0.25, 0.3) is 5.56 Å². The van der Waals surface area contributed by atoms with Gasteiger partial charge >= 0.3 is 0 Å². The lowest BCUT2D eigenvalue weighted by Crippen LogP contribution is -2.45. The minimum atomic E-state index is -0.500. The van der Waals surface area contributed by atoms with Crippen molar-refractivity contribution in [2.24, 2.45) is 0 Å². The number of nitrogens with one attached hydrogen (secondary N) is 1. The molecule has 0 aliphatic carbocycles. The van der Waals surface area contributed by atoms with Gasteiger partial charge in [0.1, 0.15) is 0 Å². The minimum absolute atomic E-state index is 0.0142. The van der Waals surface area contributed by atoms with E-state index in [1.807, 2.05) is 27.0 Å². The first-order chi connectivity index (χ1) is 8.50. The Bertz CT molecular complexity index is 458. The van der Waals surface area contributed by atoms with E-state index in [0.29, 0.717) is 19.8 Å². The van der Waals surface area contributed by atoms with Crippen molar-refractivity contribution in [3.8, 4) is 0 Å². The molecule has 0 bridgehead atoms. The number of pyridine rings is 1. The summed E-state index contributed by atoms with van der Waals surface area (Å²) in [7, 11) is 0. The van der Waals surface area contributed by atoms with Crippen LogP contribution >= 0.6 is 0 Å². The van der Waals surface area contributed by atoms with Gasteiger partial charge in [-0.05, 0) is 26.8 Å². The monoisotopic (exact) mass is 252 g/mol. The SMILES string of the molecule is CCn1cc(NC2COC(C)(C)OC2)ccc1=O. The number of aryl methyl sites for hydroxylation is 1. The van der Waals surface area contributed by atoms with E-state index in [4.69, 9.17) is 9.47 Å². The largest absolute Gasteiger partial charge is 0.376 e. The zero-order valence-corrected chi connectivity index (χ0v) is 11.1. The third kappa shape index (κ3) is 3.11. The summed E-state index contributed by atoms with van der Waals surface area (Å²) in [6.45, 7) is 7.61. The van der Waals surface area contributed by atoms with Gasteiger partial charge in [0.2, 0.25) is 0 Å². The Morgan fingerprint density at radius 2 is 2.06 bits per heavy atom. The van der Waals surface area contributed by atoms with Crippen molar-refractivity contribution in [1.82, 2.24) is 4.57 Å². The van der Waals surface area contributed by atoms with Crippen molar-refractivity contribution in [2.75, 3.05) is 18.5 Å². The number of anilines is 1. The molecule has 1 saturated heterocycles. The standard InChI is InChI=1S/C13H20N2O3/c1-4-15-7-10(5-6-12(15)16)14-11-8-17-13(2,3)18-9-11/h5-7,11,14H,4,8-9H2,1-3H3. The average molecular weight is 252 g/mol. The van der Waals surface area contributed by atoms with Gasteiger partial charge in [-0.25, -0.2) is 0 Å².